The Morgan fingerprint density at radius 2 is 0.548 bits per heavy atom. The summed E-state index contributed by atoms with van der Waals surface area (Å²) in [5, 5.41) is 0. The second-order valence-electron chi connectivity index (χ2n) is 15.6. The Labute approximate surface area is 367 Å². The van der Waals surface area contributed by atoms with Crippen LogP contribution in [0.2, 0.25) is 0 Å². The Balaban J connectivity index is 0.974. The molecular weight excluding hydrogens is 757 g/mol. The molecular formula is C58H52N2O2. The molecule has 0 spiro atoms. The lowest BCUT2D eigenvalue weighted by Gasteiger charge is -2.26. The number of aryl methyl sites for hydroxylation is 2. The zero-order valence-electron chi connectivity index (χ0n) is 35.6. The number of hydrogen-bond acceptors (Lipinski definition) is 4. The molecule has 0 aliphatic carbocycles. The summed E-state index contributed by atoms with van der Waals surface area (Å²) < 4.78 is 12.1. The van der Waals surface area contributed by atoms with E-state index in [1.54, 1.807) is 0 Å². The van der Waals surface area contributed by atoms with E-state index in [-0.39, 0.29) is 0 Å². The number of anilines is 6. The topological polar surface area (TPSA) is 24.9 Å². The van der Waals surface area contributed by atoms with Gasteiger partial charge in [0.25, 0.3) is 0 Å². The minimum absolute atomic E-state index is 0.541. The summed E-state index contributed by atoms with van der Waals surface area (Å²) in [5.41, 5.74) is 18.1. The molecule has 0 saturated carbocycles. The third-order valence-corrected chi connectivity index (χ3v) is 11.1. The normalized spacial score (nSPS) is 10.9. The van der Waals surface area contributed by atoms with Crippen LogP contribution in [0.5, 0.6) is 0 Å². The Morgan fingerprint density at radius 1 is 0.323 bits per heavy atom. The molecule has 8 aromatic rings. The van der Waals surface area contributed by atoms with Gasteiger partial charge in [0.1, 0.15) is 0 Å². The van der Waals surface area contributed by atoms with Gasteiger partial charge < -0.3 is 19.3 Å². The number of ether oxygens (including phenoxy) is 2. The van der Waals surface area contributed by atoms with Crippen LogP contribution in [0.15, 0.2) is 207 Å². The van der Waals surface area contributed by atoms with Crippen LogP contribution in [-0.4, -0.2) is 0 Å². The van der Waals surface area contributed by atoms with Crippen LogP contribution >= 0.6 is 0 Å². The van der Waals surface area contributed by atoms with Crippen molar-refractivity contribution in [2.75, 3.05) is 9.80 Å². The van der Waals surface area contributed by atoms with Gasteiger partial charge in [-0.25, -0.2) is 0 Å². The number of rotatable bonds is 17. The first kappa shape index (κ1) is 41.5. The van der Waals surface area contributed by atoms with E-state index >= 15 is 0 Å². The lowest BCUT2D eigenvalue weighted by Crippen LogP contribution is -2.10. The molecule has 0 heterocycles. The summed E-state index contributed by atoms with van der Waals surface area (Å²) in [6.07, 6.45) is 3.71. The summed E-state index contributed by atoms with van der Waals surface area (Å²) >= 11 is 0. The standard InChI is InChI=1S/C58H52N2O2/c1-5-45-11-15-47(16-12-45)39-61-41-49-19-31-55(32-20-49)59(53-27-7-43(3)8-28-53)57-35-23-51(24-36-57)52-25-37-58(38-26-52)60(54-29-9-44(4)10-30-54)56-33-21-50(22-34-56)42-62-40-48-17-13-46(6-2)14-18-48/h5-38H,1-2,39-42H2,3-4H3. The molecule has 0 amide bonds. The third-order valence-electron chi connectivity index (χ3n) is 11.1. The van der Waals surface area contributed by atoms with Crippen molar-refractivity contribution >= 4 is 46.3 Å². The first-order valence-corrected chi connectivity index (χ1v) is 21.1. The minimum Gasteiger partial charge on any atom is -0.372 e. The quantitative estimate of drug-likeness (QED) is 0.0915. The van der Waals surface area contributed by atoms with Crippen molar-refractivity contribution in [1.82, 2.24) is 0 Å². The van der Waals surface area contributed by atoms with Crippen molar-refractivity contribution in [2.45, 2.75) is 40.3 Å². The van der Waals surface area contributed by atoms with E-state index in [1.165, 1.54) is 11.1 Å². The van der Waals surface area contributed by atoms with E-state index in [1.807, 2.05) is 12.2 Å². The highest BCUT2D eigenvalue weighted by Crippen LogP contribution is 2.38. The molecule has 0 aliphatic rings. The molecule has 0 aromatic heterocycles. The molecule has 0 N–H and O–H groups in total. The van der Waals surface area contributed by atoms with E-state index in [0.717, 1.165) is 78.6 Å². The maximum Gasteiger partial charge on any atom is 0.0721 e. The fourth-order valence-corrected chi connectivity index (χ4v) is 7.44. The highest BCUT2D eigenvalue weighted by molar-refractivity contribution is 5.81. The molecule has 0 radical (unpaired) electrons. The van der Waals surface area contributed by atoms with Gasteiger partial charge in [0.15, 0.2) is 0 Å². The van der Waals surface area contributed by atoms with Crippen molar-refractivity contribution in [3.63, 3.8) is 0 Å². The number of benzene rings is 8. The molecule has 306 valence electrons. The van der Waals surface area contributed by atoms with Gasteiger partial charge in [-0.2, -0.15) is 0 Å². The van der Waals surface area contributed by atoms with Crippen molar-refractivity contribution < 1.29 is 9.47 Å². The summed E-state index contributed by atoms with van der Waals surface area (Å²) in [4.78, 5) is 4.61. The van der Waals surface area contributed by atoms with Crippen LogP contribution in [-0.2, 0) is 35.9 Å². The second-order valence-corrected chi connectivity index (χ2v) is 15.6. The molecule has 0 unspecified atom stereocenters. The van der Waals surface area contributed by atoms with E-state index in [2.05, 4.69) is 231 Å². The van der Waals surface area contributed by atoms with Crippen LogP contribution in [0.4, 0.5) is 34.1 Å². The van der Waals surface area contributed by atoms with Gasteiger partial charge in [0.2, 0.25) is 0 Å². The Morgan fingerprint density at radius 3 is 0.806 bits per heavy atom. The largest absolute Gasteiger partial charge is 0.372 e. The lowest BCUT2D eigenvalue weighted by molar-refractivity contribution is 0.107. The average Bonchev–Trinajstić information content (AvgIpc) is 3.32. The van der Waals surface area contributed by atoms with Crippen LogP contribution in [0, 0.1) is 13.8 Å². The smallest absolute Gasteiger partial charge is 0.0721 e. The molecule has 8 aromatic carbocycles. The summed E-state index contributed by atoms with van der Waals surface area (Å²) in [5.74, 6) is 0. The van der Waals surface area contributed by atoms with E-state index in [9.17, 15) is 0 Å². The van der Waals surface area contributed by atoms with Gasteiger partial charge in [0, 0.05) is 34.1 Å². The maximum absolute atomic E-state index is 6.07. The molecule has 0 aliphatic heterocycles. The van der Waals surface area contributed by atoms with Crippen LogP contribution < -0.4 is 9.80 Å². The van der Waals surface area contributed by atoms with E-state index < -0.39 is 0 Å². The highest BCUT2D eigenvalue weighted by atomic mass is 16.5. The first-order valence-electron chi connectivity index (χ1n) is 21.1. The van der Waals surface area contributed by atoms with Crippen LogP contribution in [0.1, 0.15) is 44.5 Å². The lowest BCUT2D eigenvalue weighted by atomic mass is 10.0. The predicted octanol–water partition coefficient (Wildman–Crippen LogP) is 15.6. The van der Waals surface area contributed by atoms with Crippen LogP contribution in [0.25, 0.3) is 23.3 Å². The van der Waals surface area contributed by atoms with Crippen molar-refractivity contribution in [3.05, 3.63) is 252 Å². The van der Waals surface area contributed by atoms with Gasteiger partial charge in [-0.3, -0.25) is 0 Å². The maximum atomic E-state index is 6.07. The van der Waals surface area contributed by atoms with Gasteiger partial charge in [-0.05, 0) is 131 Å². The molecule has 0 atom stereocenters. The van der Waals surface area contributed by atoms with E-state index in [4.69, 9.17) is 9.47 Å². The Hall–Kier alpha value is -7.24. The van der Waals surface area contributed by atoms with E-state index in [0.29, 0.717) is 26.4 Å². The minimum atomic E-state index is 0.541. The summed E-state index contributed by atoms with van der Waals surface area (Å²) in [7, 11) is 0. The molecule has 0 fully saturated rings. The summed E-state index contributed by atoms with van der Waals surface area (Å²) in [6.45, 7) is 14.1. The molecule has 62 heavy (non-hydrogen) atoms. The molecule has 4 nitrogen and oxygen atoms in total. The van der Waals surface area contributed by atoms with Gasteiger partial charge >= 0.3 is 0 Å². The Kier molecular flexibility index (Phi) is 13.3. The zero-order valence-corrected chi connectivity index (χ0v) is 35.6. The van der Waals surface area contributed by atoms with Crippen molar-refractivity contribution in [2.24, 2.45) is 0 Å². The fourth-order valence-electron chi connectivity index (χ4n) is 7.44. The summed E-state index contributed by atoms with van der Waals surface area (Å²) in [6, 6.07) is 69.0. The SMILES string of the molecule is C=Cc1ccc(COCc2ccc(N(c3ccc(C)cc3)c3ccc(-c4ccc(N(c5ccc(C)cc5)c5ccc(COCc6ccc(C=C)cc6)cc5)cc4)cc3)cc2)cc1. The second kappa shape index (κ2) is 19.9. The monoisotopic (exact) mass is 808 g/mol. The van der Waals surface area contributed by atoms with Crippen molar-refractivity contribution in [3.8, 4) is 11.1 Å². The Bertz CT molecular complexity index is 2480. The molecule has 8 rings (SSSR count). The number of hydrogen-bond donors (Lipinski definition) is 0. The molecule has 0 bridgehead atoms. The van der Waals surface area contributed by atoms with Crippen molar-refractivity contribution in [1.29, 1.82) is 0 Å². The highest BCUT2D eigenvalue weighted by Gasteiger charge is 2.15. The molecule has 4 heteroatoms. The third kappa shape index (κ3) is 10.4. The zero-order chi connectivity index (χ0) is 42.7. The van der Waals surface area contributed by atoms with Gasteiger partial charge in [-0.1, -0.05) is 158 Å². The van der Waals surface area contributed by atoms with Crippen LogP contribution in [0.3, 0.4) is 0 Å². The molecule has 0 saturated heterocycles. The van der Waals surface area contributed by atoms with Gasteiger partial charge in [0.05, 0.1) is 26.4 Å². The first-order chi connectivity index (χ1) is 30.4. The fraction of sp³-hybridized carbons (Fsp3) is 0.103. The number of nitrogens with zero attached hydrogens (tertiary/aromatic N) is 2. The predicted molar refractivity (Wildman–Crippen MR) is 261 cm³/mol. The average molecular weight is 809 g/mol. The van der Waals surface area contributed by atoms with Gasteiger partial charge in [-0.15, -0.1) is 0 Å².